The van der Waals surface area contributed by atoms with Crippen molar-refractivity contribution in [3.63, 3.8) is 0 Å². The molecule has 2 heterocycles. The largest absolute Gasteiger partial charge is 0.309 e. The molecule has 0 N–H and O–H groups in total. The van der Waals surface area contributed by atoms with Gasteiger partial charge in [-0.25, -0.2) is 9.97 Å². The van der Waals surface area contributed by atoms with Crippen molar-refractivity contribution in [1.29, 1.82) is 0 Å². The molecule has 1 unspecified atom stereocenters. The lowest BCUT2D eigenvalue weighted by atomic mass is 10.1. The van der Waals surface area contributed by atoms with Crippen LogP contribution in [0.1, 0.15) is 32.6 Å². The Hall–Kier alpha value is -0.800. The van der Waals surface area contributed by atoms with Gasteiger partial charge in [-0.05, 0) is 18.9 Å². The summed E-state index contributed by atoms with van der Waals surface area (Å²) in [5.74, 6) is 1.72. The first kappa shape index (κ1) is 12.7. The molecule has 0 bridgehead atoms. The summed E-state index contributed by atoms with van der Waals surface area (Å²) >= 11 is 11.9. The zero-order chi connectivity index (χ0) is 12.6. The lowest BCUT2D eigenvalue weighted by Crippen LogP contribution is -2.14. The summed E-state index contributed by atoms with van der Waals surface area (Å²) in [5.41, 5.74) is 1.66. The quantitative estimate of drug-likeness (QED) is 0.789. The van der Waals surface area contributed by atoms with Gasteiger partial charge in [0.15, 0.2) is 5.65 Å². The number of pyridine rings is 1. The van der Waals surface area contributed by atoms with Crippen molar-refractivity contribution in [2.75, 3.05) is 0 Å². The molecule has 5 heteroatoms. The van der Waals surface area contributed by atoms with Gasteiger partial charge in [0.25, 0.3) is 0 Å². The number of alkyl halides is 1. The fraction of sp³-hybridized carbons (Fsp3) is 0.500. The fourth-order valence-electron chi connectivity index (χ4n) is 1.82. The minimum atomic E-state index is 0.308. The first-order valence-electron chi connectivity index (χ1n) is 5.63. The molecule has 0 fully saturated rings. The third-order valence-corrected chi connectivity index (χ3v) is 3.51. The summed E-state index contributed by atoms with van der Waals surface area (Å²) in [6.07, 6.45) is 1.65. The molecule has 17 heavy (non-hydrogen) atoms. The summed E-state index contributed by atoms with van der Waals surface area (Å²) in [5, 5.41) is 0.598. The molecule has 92 valence electrons. The van der Waals surface area contributed by atoms with Crippen LogP contribution in [-0.2, 0) is 5.88 Å². The van der Waals surface area contributed by atoms with Crippen LogP contribution in [0.5, 0.6) is 0 Å². The number of imidazole rings is 1. The van der Waals surface area contributed by atoms with E-state index < -0.39 is 0 Å². The Balaban J connectivity index is 2.66. The molecule has 0 aromatic carbocycles. The molecule has 3 nitrogen and oxygen atoms in total. The van der Waals surface area contributed by atoms with E-state index in [1.807, 2.05) is 6.07 Å². The molecule has 2 aromatic rings. The molecule has 0 saturated carbocycles. The third-order valence-electron chi connectivity index (χ3n) is 3.06. The van der Waals surface area contributed by atoms with E-state index in [-0.39, 0.29) is 0 Å². The van der Waals surface area contributed by atoms with Gasteiger partial charge in [-0.15, -0.1) is 11.6 Å². The van der Waals surface area contributed by atoms with Crippen LogP contribution < -0.4 is 0 Å². The van der Waals surface area contributed by atoms with Crippen molar-refractivity contribution in [3.8, 4) is 0 Å². The molecule has 0 aliphatic heterocycles. The molecule has 0 aliphatic carbocycles. The second-order valence-electron chi connectivity index (χ2n) is 4.51. The van der Waals surface area contributed by atoms with Gasteiger partial charge in [0, 0.05) is 12.2 Å². The predicted molar refractivity (Wildman–Crippen MR) is 71.6 cm³/mol. The van der Waals surface area contributed by atoms with E-state index in [0.29, 0.717) is 22.9 Å². The predicted octanol–water partition coefficient (Wildman–Crippen LogP) is 4.04. The molecule has 0 radical (unpaired) electrons. The fourth-order valence-corrected chi connectivity index (χ4v) is 2.17. The van der Waals surface area contributed by atoms with Crippen molar-refractivity contribution >= 4 is 34.4 Å². The number of halogens is 2. The maximum Gasteiger partial charge on any atom is 0.160 e. The Bertz CT molecular complexity index is 534. The van der Waals surface area contributed by atoms with Crippen molar-refractivity contribution in [3.05, 3.63) is 23.1 Å². The minimum absolute atomic E-state index is 0.308. The zero-order valence-corrected chi connectivity index (χ0v) is 11.6. The van der Waals surface area contributed by atoms with Gasteiger partial charge in [0.05, 0.1) is 10.9 Å². The van der Waals surface area contributed by atoms with E-state index >= 15 is 0 Å². The molecule has 2 rings (SSSR count). The summed E-state index contributed by atoms with van der Waals surface area (Å²) in [6.45, 7) is 6.49. The van der Waals surface area contributed by atoms with Crippen LogP contribution >= 0.6 is 23.2 Å². The second-order valence-corrected chi connectivity index (χ2v) is 5.22. The highest BCUT2D eigenvalue weighted by molar-refractivity contribution is 6.31. The lowest BCUT2D eigenvalue weighted by Gasteiger charge is -2.19. The summed E-state index contributed by atoms with van der Waals surface area (Å²) in [6, 6.07) is 2.13. The van der Waals surface area contributed by atoms with Crippen LogP contribution in [0.25, 0.3) is 11.2 Å². The first-order valence-corrected chi connectivity index (χ1v) is 6.54. The number of hydrogen-bond acceptors (Lipinski definition) is 2. The van der Waals surface area contributed by atoms with E-state index in [1.165, 1.54) is 0 Å². The Morgan fingerprint density at radius 3 is 2.65 bits per heavy atom. The molecule has 2 aromatic heterocycles. The number of hydrogen-bond donors (Lipinski definition) is 0. The van der Waals surface area contributed by atoms with Gasteiger partial charge in [0.1, 0.15) is 11.3 Å². The minimum Gasteiger partial charge on any atom is -0.309 e. The normalized spacial score (nSPS) is 13.5. The van der Waals surface area contributed by atoms with Crippen LogP contribution in [0.4, 0.5) is 0 Å². The maximum atomic E-state index is 5.95. The molecule has 0 spiro atoms. The number of fused-ring (bicyclic) bond motifs is 1. The Labute approximate surface area is 111 Å². The van der Waals surface area contributed by atoms with Crippen molar-refractivity contribution in [2.45, 2.75) is 32.7 Å². The highest BCUT2D eigenvalue weighted by Gasteiger charge is 2.18. The van der Waals surface area contributed by atoms with E-state index in [2.05, 4.69) is 35.3 Å². The van der Waals surface area contributed by atoms with Gasteiger partial charge < -0.3 is 4.57 Å². The van der Waals surface area contributed by atoms with Crippen LogP contribution in [0, 0.1) is 5.92 Å². The maximum absolute atomic E-state index is 5.95. The third kappa shape index (κ3) is 2.26. The SMILES string of the molecule is CC(C)C(C)n1c(CCl)nc2cc(Cl)cnc21. The van der Waals surface area contributed by atoms with E-state index in [9.17, 15) is 0 Å². The van der Waals surface area contributed by atoms with Gasteiger partial charge in [-0.2, -0.15) is 0 Å². The summed E-state index contributed by atoms with van der Waals surface area (Å²) in [4.78, 5) is 8.84. The van der Waals surface area contributed by atoms with Crippen LogP contribution in [0.3, 0.4) is 0 Å². The monoisotopic (exact) mass is 271 g/mol. The van der Waals surface area contributed by atoms with Gasteiger partial charge in [-0.3, -0.25) is 0 Å². The summed E-state index contributed by atoms with van der Waals surface area (Å²) in [7, 11) is 0. The van der Waals surface area contributed by atoms with Crippen LogP contribution in [0.2, 0.25) is 5.02 Å². The van der Waals surface area contributed by atoms with Gasteiger partial charge in [-0.1, -0.05) is 25.4 Å². The highest BCUT2D eigenvalue weighted by Crippen LogP contribution is 2.26. The molecule has 0 saturated heterocycles. The van der Waals surface area contributed by atoms with Crippen molar-refractivity contribution in [2.24, 2.45) is 5.92 Å². The standard InChI is InChI=1S/C12H15Cl2N3/c1-7(2)8(3)17-11(5-13)16-10-4-9(14)6-15-12(10)17/h4,6-8H,5H2,1-3H3. The molecule has 1 atom stereocenters. The Morgan fingerprint density at radius 1 is 1.35 bits per heavy atom. The lowest BCUT2D eigenvalue weighted by molar-refractivity contribution is 0.407. The summed E-state index contributed by atoms with van der Waals surface area (Å²) < 4.78 is 2.10. The Morgan fingerprint density at radius 2 is 2.06 bits per heavy atom. The number of nitrogens with zero attached hydrogens (tertiary/aromatic N) is 3. The second kappa shape index (κ2) is 4.83. The van der Waals surface area contributed by atoms with Crippen LogP contribution in [-0.4, -0.2) is 14.5 Å². The topological polar surface area (TPSA) is 30.7 Å². The molecule has 0 aliphatic rings. The molecular formula is C12H15Cl2N3. The Kier molecular flexibility index (Phi) is 3.59. The zero-order valence-electron chi connectivity index (χ0n) is 10.1. The van der Waals surface area contributed by atoms with E-state index in [1.54, 1.807) is 6.20 Å². The van der Waals surface area contributed by atoms with E-state index in [0.717, 1.165) is 17.0 Å². The number of aromatic nitrogens is 3. The average molecular weight is 272 g/mol. The first-order chi connectivity index (χ1) is 8.04. The van der Waals surface area contributed by atoms with Crippen LogP contribution in [0.15, 0.2) is 12.3 Å². The molecular weight excluding hydrogens is 257 g/mol. The average Bonchev–Trinajstić information content (AvgIpc) is 2.65. The van der Waals surface area contributed by atoms with E-state index in [4.69, 9.17) is 23.2 Å². The van der Waals surface area contributed by atoms with Crippen molar-refractivity contribution in [1.82, 2.24) is 14.5 Å². The van der Waals surface area contributed by atoms with Crippen molar-refractivity contribution < 1.29 is 0 Å². The van der Waals surface area contributed by atoms with Gasteiger partial charge >= 0.3 is 0 Å². The van der Waals surface area contributed by atoms with Gasteiger partial charge in [0.2, 0.25) is 0 Å². The molecule has 0 amide bonds. The highest BCUT2D eigenvalue weighted by atomic mass is 35.5. The smallest absolute Gasteiger partial charge is 0.160 e. The number of rotatable bonds is 3.